The van der Waals surface area contributed by atoms with Crippen molar-refractivity contribution in [3.8, 4) is 0 Å². The van der Waals surface area contributed by atoms with Crippen molar-refractivity contribution in [3.05, 3.63) is 29.8 Å². The molecule has 6 heteroatoms. The van der Waals surface area contributed by atoms with Gasteiger partial charge in [0.1, 0.15) is 0 Å². The number of aryl methyl sites for hydroxylation is 1. The summed E-state index contributed by atoms with van der Waals surface area (Å²) >= 11 is 0. The molecule has 2 rings (SSSR count). The summed E-state index contributed by atoms with van der Waals surface area (Å²) in [4.78, 5) is 13.7. The molecule has 0 saturated heterocycles. The number of hydrogen-bond acceptors (Lipinski definition) is 3. The van der Waals surface area contributed by atoms with Gasteiger partial charge in [-0.15, -0.1) is 0 Å². The first-order chi connectivity index (χ1) is 10.0. The molecule has 116 valence electrons. The lowest BCUT2D eigenvalue weighted by molar-refractivity contribution is -0.118. The van der Waals surface area contributed by atoms with E-state index < -0.39 is 10.0 Å². The lowest BCUT2D eigenvalue weighted by Gasteiger charge is -2.29. The van der Waals surface area contributed by atoms with Gasteiger partial charge in [-0.2, -0.15) is 0 Å². The quantitative estimate of drug-likeness (QED) is 0.833. The number of amides is 1. The Hall–Kier alpha value is -1.40. The third kappa shape index (κ3) is 4.28. The topological polar surface area (TPSA) is 66.5 Å². The minimum Gasteiger partial charge on any atom is -0.311 e. The van der Waals surface area contributed by atoms with Gasteiger partial charge in [-0.25, -0.2) is 13.1 Å². The summed E-state index contributed by atoms with van der Waals surface area (Å²) in [6, 6.07) is 7.79. The van der Waals surface area contributed by atoms with E-state index in [1.165, 1.54) is 0 Å². The number of rotatable bonds is 7. The SMILES string of the molecule is CCCCS(=O)(=O)NCCN1C(=O)CCc2ccccc21. The van der Waals surface area contributed by atoms with E-state index in [2.05, 4.69) is 4.72 Å². The van der Waals surface area contributed by atoms with Gasteiger partial charge in [0.15, 0.2) is 0 Å². The van der Waals surface area contributed by atoms with Gasteiger partial charge in [0.05, 0.1) is 5.75 Å². The van der Waals surface area contributed by atoms with Crippen LogP contribution >= 0.6 is 0 Å². The van der Waals surface area contributed by atoms with Crippen LogP contribution in [-0.4, -0.2) is 33.2 Å². The highest BCUT2D eigenvalue weighted by Crippen LogP contribution is 2.26. The van der Waals surface area contributed by atoms with Crippen molar-refractivity contribution in [2.45, 2.75) is 32.6 Å². The van der Waals surface area contributed by atoms with Crippen molar-refractivity contribution in [3.63, 3.8) is 0 Å². The molecular formula is C15H22N2O3S. The Labute approximate surface area is 126 Å². The molecule has 0 aromatic heterocycles. The Morgan fingerprint density at radius 1 is 1.24 bits per heavy atom. The smallest absolute Gasteiger partial charge is 0.227 e. The highest BCUT2D eigenvalue weighted by atomic mass is 32.2. The third-order valence-electron chi connectivity index (χ3n) is 3.62. The fraction of sp³-hybridized carbons (Fsp3) is 0.533. The van der Waals surface area contributed by atoms with Gasteiger partial charge >= 0.3 is 0 Å². The first-order valence-electron chi connectivity index (χ1n) is 7.39. The van der Waals surface area contributed by atoms with Crippen LogP contribution in [-0.2, 0) is 21.2 Å². The number of fused-ring (bicyclic) bond motifs is 1. The summed E-state index contributed by atoms with van der Waals surface area (Å²) in [5, 5.41) is 0. The molecule has 0 aliphatic carbocycles. The maximum absolute atomic E-state index is 12.0. The van der Waals surface area contributed by atoms with Gasteiger partial charge in [-0.05, 0) is 24.5 Å². The first-order valence-corrected chi connectivity index (χ1v) is 9.04. The first kappa shape index (κ1) is 16.0. The second-order valence-corrected chi connectivity index (χ2v) is 7.17. The standard InChI is InChI=1S/C15H22N2O3S/c1-2-3-12-21(19,20)16-10-11-17-14-7-5-4-6-13(14)8-9-15(17)18/h4-7,16H,2-3,8-12H2,1H3. The number of benzene rings is 1. The van der Waals surface area contributed by atoms with Gasteiger partial charge in [-0.3, -0.25) is 4.79 Å². The summed E-state index contributed by atoms with van der Waals surface area (Å²) in [5.41, 5.74) is 2.05. The number of carbonyl (C=O) groups excluding carboxylic acids is 1. The van der Waals surface area contributed by atoms with E-state index in [0.717, 1.165) is 24.1 Å². The number of para-hydroxylation sites is 1. The lowest BCUT2D eigenvalue weighted by atomic mass is 10.0. The van der Waals surface area contributed by atoms with E-state index in [1.807, 2.05) is 31.2 Å². The average molecular weight is 310 g/mol. The van der Waals surface area contributed by atoms with Crippen LogP contribution in [0.15, 0.2) is 24.3 Å². The summed E-state index contributed by atoms with van der Waals surface area (Å²) in [7, 11) is -3.23. The number of sulfonamides is 1. The minimum absolute atomic E-state index is 0.0569. The number of carbonyl (C=O) groups is 1. The molecule has 0 bridgehead atoms. The van der Waals surface area contributed by atoms with E-state index >= 15 is 0 Å². The molecule has 0 spiro atoms. The van der Waals surface area contributed by atoms with Crippen molar-refractivity contribution in [2.24, 2.45) is 0 Å². The van der Waals surface area contributed by atoms with Crippen molar-refractivity contribution < 1.29 is 13.2 Å². The Morgan fingerprint density at radius 3 is 2.76 bits per heavy atom. The van der Waals surface area contributed by atoms with E-state index in [-0.39, 0.29) is 18.2 Å². The minimum atomic E-state index is -3.23. The molecule has 0 atom stereocenters. The lowest BCUT2D eigenvalue weighted by Crippen LogP contribution is -2.41. The zero-order valence-corrected chi connectivity index (χ0v) is 13.2. The molecule has 21 heavy (non-hydrogen) atoms. The zero-order chi connectivity index (χ0) is 15.3. The van der Waals surface area contributed by atoms with Crippen LogP contribution in [0.1, 0.15) is 31.7 Å². The molecule has 1 aromatic rings. The summed E-state index contributed by atoms with van der Waals surface area (Å²) < 4.78 is 26.1. The molecule has 1 aliphatic heterocycles. The number of unbranched alkanes of at least 4 members (excludes halogenated alkanes) is 1. The summed E-state index contributed by atoms with van der Waals surface area (Å²) in [6.45, 7) is 2.59. The van der Waals surface area contributed by atoms with Crippen LogP contribution in [0.5, 0.6) is 0 Å². The van der Waals surface area contributed by atoms with Crippen molar-refractivity contribution in [2.75, 3.05) is 23.7 Å². The Balaban J connectivity index is 1.96. The molecule has 1 aliphatic rings. The van der Waals surface area contributed by atoms with Gasteiger partial charge in [0.2, 0.25) is 15.9 Å². The second kappa shape index (κ2) is 7.04. The predicted octanol–water partition coefficient (Wildman–Crippen LogP) is 1.69. The van der Waals surface area contributed by atoms with Crippen LogP contribution in [0.3, 0.4) is 0 Å². The third-order valence-corrected chi connectivity index (χ3v) is 5.09. The molecule has 1 heterocycles. The monoisotopic (exact) mass is 310 g/mol. The molecule has 0 saturated carbocycles. The Kier molecular flexibility index (Phi) is 5.36. The average Bonchev–Trinajstić information content (AvgIpc) is 2.47. The number of hydrogen-bond donors (Lipinski definition) is 1. The maximum atomic E-state index is 12.0. The van der Waals surface area contributed by atoms with Gasteiger partial charge in [-0.1, -0.05) is 31.5 Å². The molecule has 0 unspecified atom stereocenters. The molecule has 1 aromatic carbocycles. The second-order valence-electron chi connectivity index (χ2n) is 5.24. The zero-order valence-electron chi connectivity index (χ0n) is 12.3. The number of nitrogens with one attached hydrogen (secondary N) is 1. The van der Waals surface area contributed by atoms with E-state index in [1.54, 1.807) is 4.90 Å². The van der Waals surface area contributed by atoms with Crippen LogP contribution in [0.2, 0.25) is 0 Å². The molecule has 0 radical (unpaired) electrons. The molecular weight excluding hydrogens is 288 g/mol. The summed E-state index contributed by atoms with van der Waals surface area (Å²) in [5.74, 6) is 0.204. The van der Waals surface area contributed by atoms with Crippen molar-refractivity contribution in [1.82, 2.24) is 4.72 Å². The van der Waals surface area contributed by atoms with Gasteiger partial charge in [0.25, 0.3) is 0 Å². The van der Waals surface area contributed by atoms with E-state index in [9.17, 15) is 13.2 Å². The van der Waals surface area contributed by atoms with Crippen molar-refractivity contribution in [1.29, 1.82) is 0 Å². The largest absolute Gasteiger partial charge is 0.311 e. The highest BCUT2D eigenvalue weighted by molar-refractivity contribution is 7.89. The van der Waals surface area contributed by atoms with Crippen LogP contribution < -0.4 is 9.62 Å². The van der Waals surface area contributed by atoms with Crippen LogP contribution in [0, 0.1) is 0 Å². The van der Waals surface area contributed by atoms with Crippen LogP contribution in [0.4, 0.5) is 5.69 Å². The predicted molar refractivity (Wildman–Crippen MR) is 83.8 cm³/mol. The van der Waals surface area contributed by atoms with Gasteiger partial charge < -0.3 is 4.90 Å². The van der Waals surface area contributed by atoms with Crippen molar-refractivity contribution >= 4 is 21.6 Å². The molecule has 1 N–H and O–H groups in total. The fourth-order valence-corrected chi connectivity index (χ4v) is 3.68. The summed E-state index contributed by atoms with van der Waals surface area (Å²) in [6.07, 6.45) is 2.74. The molecule has 0 fully saturated rings. The highest BCUT2D eigenvalue weighted by Gasteiger charge is 2.23. The van der Waals surface area contributed by atoms with E-state index in [4.69, 9.17) is 0 Å². The number of nitrogens with zero attached hydrogens (tertiary/aromatic N) is 1. The van der Waals surface area contributed by atoms with E-state index in [0.29, 0.717) is 19.4 Å². The Bertz CT molecular complexity index is 599. The number of anilines is 1. The molecule has 1 amide bonds. The maximum Gasteiger partial charge on any atom is 0.227 e. The molecule has 5 nitrogen and oxygen atoms in total. The Morgan fingerprint density at radius 2 is 2.00 bits per heavy atom. The fourth-order valence-electron chi connectivity index (χ4n) is 2.46. The normalized spacial score (nSPS) is 15.1. The van der Waals surface area contributed by atoms with Crippen LogP contribution in [0.25, 0.3) is 0 Å². The van der Waals surface area contributed by atoms with Gasteiger partial charge in [0, 0.05) is 25.2 Å².